The van der Waals surface area contributed by atoms with Crippen molar-refractivity contribution in [1.82, 2.24) is 4.98 Å². The molecule has 0 N–H and O–H groups in total. The highest BCUT2D eigenvalue weighted by Gasteiger charge is 2.30. The van der Waals surface area contributed by atoms with Crippen LogP contribution in [-0.4, -0.2) is 11.6 Å². The lowest BCUT2D eigenvalue weighted by Gasteiger charge is -2.10. The molecule has 0 atom stereocenters. The van der Waals surface area contributed by atoms with Crippen LogP contribution in [0, 0.1) is 13.8 Å². The Morgan fingerprint density at radius 1 is 1.04 bits per heavy atom. The maximum absolute atomic E-state index is 12.6. The van der Waals surface area contributed by atoms with Crippen molar-refractivity contribution in [2.75, 3.05) is 6.61 Å². The van der Waals surface area contributed by atoms with Crippen LogP contribution in [-0.2, 0) is 12.6 Å². The van der Waals surface area contributed by atoms with Gasteiger partial charge in [-0.15, -0.1) is 11.3 Å². The summed E-state index contributed by atoms with van der Waals surface area (Å²) in [6.07, 6.45) is -2.72. The van der Waals surface area contributed by atoms with Gasteiger partial charge in [-0.1, -0.05) is 24.3 Å². The average Bonchev–Trinajstić information content (AvgIpc) is 3.10. The molecule has 2 aromatic carbocycles. The molecule has 0 spiro atoms. The Hall–Kier alpha value is -2.34. The third-order valence-corrected chi connectivity index (χ3v) is 5.32. The van der Waals surface area contributed by atoms with E-state index in [1.807, 2.05) is 24.4 Å². The van der Waals surface area contributed by atoms with Gasteiger partial charge in [0.15, 0.2) is 0 Å². The topological polar surface area (TPSA) is 22.1 Å². The molecule has 1 heterocycles. The summed E-state index contributed by atoms with van der Waals surface area (Å²) < 4.78 is 43.8. The maximum atomic E-state index is 12.6. The lowest BCUT2D eigenvalue weighted by molar-refractivity contribution is -0.137. The van der Waals surface area contributed by atoms with Crippen molar-refractivity contribution in [3.63, 3.8) is 0 Å². The molecule has 0 amide bonds. The fourth-order valence-corrected chi connectivity index (χ4v) is 3.52. The van der Waals surface area contributed by atoms with Crippen LogP contribution >= 0.6 is 11.3 Å². The molecule has 2 nitrogen and oxygen atoms in total. The molecule has 3 rings (SSSR count). The fraction of sp³-hybridized carbons (Fsp3) is 0.286. The van der Waals surface area contributed by atoms with E-state index < -0.39 is 11.7 Å². The summed E-state index contributed by atoms with van der Waals surface area (Å²) in [5.41, 5.74) is 3.10. The second-order valence-corrected chi connectivity index (χ2v) is 7.29. The molecule has 0 unspecified atom stereocenters. The first-order valence-corrected chi connectivity index (χ1v) is 9.53. The molecule has 0 radical (unpaired) electrons. The van der Waals surface area contributed by atoms with Crippen LogP contribution in [0.4, 0.5) is 13.2 Å². The molecule has 0 fully saturated rings. The maximum Gasteiger partial charge on any atom is 0.416 e. The highest BCUT2D eigenvalue weighted by Crippen LogP contribution is 2.31. The summed E-state index contributed by atoms with van der Waals surface area (Å²) in [6, 6.07) is 11.1. The molecule has 6 heteroatoms. The first kappa shape index (κ1) is 19.4. The zero-order chi connectivity index (χ0) is 19.4. The van der Waals surface area contributed by atoms with Crippen molar-refractivity contribution in [2.24, 2.45) is 0 Å². The third-order valence-electron chi connectivity index (χ3n) is 4.41. The van der Waals surface area contributed by atoms with Crippen LogP contribution in [0.15, 0.2) is 47.8 Å². The molecule has 142 valence electrons. The number of thiazole rings is 1. The normalized spacial score (nSPS) is 11.6. The van der Waals surface area contributed by atoms with Gasteiger partial charge < -0.3 is 4.74 Å². The fourth-order valence-electron chi connectivity index (χ4n) is 2.67. The van der Waals surface area contributed by atoms with Crippen molar-refractivity contribution in [1.29, 1.82) is 0 Å². The summed E-state index contributed by atoms with van der Waals surface area (Å²) in [4.78, 5) is 4.53. The molecular weight excluding hydrogens is 371 g/mol. The molecule has 0 aliphatic rings. The van der Waals surface area contributed by atoms with E-state index in [1.165, 1.54) is 29.0 Å². The second-order valence-electron chi connectivity index (χ2n) is 6.35. The van der Waals surface area contributed by atoms with Crippen molar-refractivity contribution in [3.05, 3.63) is 69.5 Å². The third kappa shape index (κ3) is 4.89. The van der Waals surface area contributed by atoms with Gasteiger partial charge in [0.1, 0.15) is 5.75 Å². The average molecular weight is 391 g/mol. The summed E-state index contributed by atoms with van der Waals surface area (Å²) in [6.45, 7) is 4.70. The van der Waals surface area contributed by atoms with Gasteiger partial charge in [0.25, 0.3) is 0 Å². The van der Waals surface area contributed by atoms with E-state index in [0.29, 0.717) is 17.9 Å². The zero-order valence-corrected chi connectivity index (χ0v) is 16.0. The number of aromatic nitrogens is 1. The van der Waals surface area contributed by atoms with E-state index in [4.69, 9.17) is 4.74 Å². The standard InChI is InChI=1S/C21H20F3NOS/c1-14-5-3-6-19(15(14)2)26-12-4-7-20-25-18(13-27-20)16-8-10-17(11-9-16)21(22,23)24/h3,5-6,8-11,13H,4,7,12H2,1-2H3. The summed E-state index contributed by atoms with van der Waals surface area (Å²) in [7, 11) is 0. The van der Waals surface area contributed by atoms with Crippen LogP contribution in [0.3, 0.4) is 0 Å². The van der Waals surface area contributed by atoms with E-state index >= 15 is 0 Å². The number of alkyl halides is 3. The first-order valence-electron chi connectivity index (χ1n) is 8.65. The van der Waals surface area contributed by atoms with E-state index in [0.717, 1.165) is 41.3 Å². The minimum Gasteiger partial charge on any atom is -0.493 e. The molecule has 3 aromatic rings. The summed E-state index contributed by atoms with van der Waals surface area (Å²) in [5, 5.41) is 2.83. The van der Waals surface area contributed by atoms with E-state index in [1.54, 1.807) is 0 Å². The lowest BCUT2D eigenvalue weighted by Crippen LogP contribution is -2.04. The highest BCUT2D eigenvalue weighted by molar-refractivity contribution is 7.09. The second kappa shape index (κ2) is 8.13. The molecule has 0 saturated carbocycles. The molecule has 0 aliphatic heterocycles. The Morgan fingerprint density at radius 2 is 1.78 bits per heavy atom. The van der Waals surface area contributed by atoms with Crippen LogP contribution in [0.25, 0.3) is 11.3 Å². The Labute approximate surface area is 160 Å². The number of hydrogen-bond acceptors (Lipinski definition) is 3. The number of nitrogens with zero attached hydrogens (tertiary/aromatic N) is 1. The number of benzene rings is 2. The van der Waals surface area contributed by atoms with Crippen molar-refractivity contribution < 1.29 is 17.9 Å². The molecule has 0 bridgehead atoms. The van der Waals surface area contributed by atoms with Gasteiger partial charge in [0, 0.05) is 17.4 Å². The summed E-state index contributed by atoms with van der Waals surface area (Å²) >= 11 is 1.52. The Morgan fingerprint density at radius 3 is 2.48 bits per heavy atom. The number of halogens is 3. The van der Waals surface area contributed by atoms with Gasteiger partial charge in [-0.05, 0) is 49.6 Å². The molecule has 27 heavy (non-hydrogen) atoms. The number of aryl methyl sites for hydroxylation is 2. The van der Waals surface area contributed by atoms with Gasteiger partial charge in [-0.3, -0.25) is 0 Å². The van der Waals surface area contributed by atoms with Crippen molar-refractivity contribution >= 4 is 11.3 Å². The van der Waals surface area contributed by atoms with Gasteiger partial charge >= 0.3 is 6.18 Å². The number of rotatable bonds is 6. The van der Waals surface area contributed by atoms with E-state index in [2.05, 4.69) is 18.0 Å². The minimum absolute atomic E-state index is 0.597. The van der Waals surface area contributed by atoms with Crippen LogP contribution in [0.2, 0.25) is 0 Å². The molecule has 1 aromatic heterocycles. The van der Waals surface area contributed by atoms with Crippen LogP contribution in [0.5, 0.6) is 5.75 Å². The predicted octanol–water partition coefficient (Wildman–Crippen LogP) is 6.46. The molecule has 0 saturated heterocycles. The van der Waals surface area contributed by atoms with Gasteiger partial charge in [-0.25, -0.2) is 4.98 Å². The van der Waals surface area contributed by atoms with E-state index in [9.17, 15) is 13.2 Å². The Bertz CT molecular complexity index is 901. The minimum atomic E-state index is -4.32. The van der Waals surface area contributed by atoms with Gasteiger partial charge in [0.2, 0.25) is 0 Å². The van der Waals surface area contributed by atoms with Crippen molar-refractivity contribution in [2.45, 2.75) is 32.9 Å². The largest absolute Gasteiger partial charge is 0.493 e. The SMILES string of the molecule is Cc1cccc(OCCCc2nc(-c3ccc(C(F)(F)F)cc3)cs2)c1C. The predicted molar refractivity (Wildman–Crippen MR) is 102 cm³/mol. The lowest BCUT2D eigenvalue weighted by atomic mass is 10.1. The first-order chi connectivity index (χ1) is 12.8. The zero-order valence-electron chi connectivity index (χ0n) is 15.1. The number of ether oxygens (including phenoxy) is 1. The molecular formula is C21H20F3NOS. The van der Waals surface area contributed by atoms with Crippen molar-refractivity contribution in [3.8, 4) is 17.0 Å². The Balaban J connectivity index is 1.54. The summed E-state index contributed by atoms with van der Waals surface area (Å²) in [5.74, 6) is 0.902. The smallest absolute Gasteiger partial charge is 0.416 e. The monoisotopic (exact) mass is 391 g/mol. The van der Waals surface area contributed by atoms with Gasteiger partial charge in [0.05, 0.1) is 22.9 Å². The van der Waals surface area contributed by atoms with Crippen LogP contribution < -0.4 is 4.74 Å². The van der Waals surface area contributed by atoms with Gasteiger partial charge in [-0.2, -0.15) is 13.2 Å². The number of hydrogen-bond donors (Lipinski definition) is 0. The Kier molecular flexibility index (Phi) is 5.85. The molecule has 0 aliphatic carbocycles. The van der Waals surface area contributed by atoms with E-state index in [-0.39, 0.29) is 0 Å². The quantitative estimate of drug-likeness (QED) is 0.450. The van der Waals surface area contributed by atoms with Crippen LogP contribution in [0.1, 0.15) is 28.1 Å². The highest BCUT2D eigenvalue weighted by atomic mass is 32.1.